The first kappa shape index (κ1) is 19.1. The van der Waals surface area contributed by atoms with Crippen molar-refractivity contribution in [2.45, 2.75) is 39.7 Å². The molecule has 0 saturated heterocycles. The summed E-state index contributed by atoms with van der Waals surface area (Å²) in [6, 6.07) is 9.72. The quantitative estimate of drug-likeness (QED) is 0.793. The van der Waals surface area contributed by atoms with E-state index in [0.717, 1.165) is 35.7 Å². The van der Waals surface area contributed by atoms with E-state index in [1.54, 1.807) is 6.07 Å². The second kappa shape index (κ2) is 8.72. The summed E-state index contributed by atoms with van der Waals surface area (Å²) in [6.07, 6.45) is 1.69. The van der Waals surface area contributed by atoms with Crippen LogP contribution in [0.15, 0.2) is 36.4 Å². The molecular weight excluding hydrogens is 322 g/mol. The fourth-order valence-electron chi connectivity index (χ4n) is 2.81. The first-order valence-electron chi connectivity index (χ1n) is 8.65. The third kappa shape index (κ3) is 4.86. The minimum absolute atomic E-state index is 0.106. The van der Waals surface area contributed by atoms with Gasteiger partial charge >= 0.3 is 0 Å². The van der Waals surface area contributed by atoms with Gasteiger partial charge in [-0.15, -0.1) is 0 Å². The predicted octanol–water partition coefficient (Wildman–Crippen LogP) is 3.35. The number of carbonyl (C=O) groups excluding carboxylic acids is 1. The van der Waals surface area contributed by atoms with Crippen LogP contribution in [0.3, 0.4) is 0 Å². The Morgan fingerprint density at radius 2 is 1.72 bits per heavy atom. The van der Waals surface area contributed by atoms with Crippen LogP contribution in [0.5, 0.6) is 0 Å². The standard InChI is InChI=1S/C20H24F2N2O/c1-4-14-7-6-8-15(5-2)20(14)24-19(25)12-23-13(3)16-9-10-17(21)18(22)11-16/h6-11,13,23H,4-5,12H2,1-3H3,(H,24,25)/p+1/t13-/m1/s1. The highest BCUT2D eigenvalue weighted by molar-refractivity contribution is 5.93. The number of para-hydroxylation sites is 1. The van der Waals surface area contributed by atoms with Crippen LogP contribution in [-0.4, -0.2) is 12.5 Å². The molecule has 3 N–H and O–H groups in total. The van der Waals surface area contributed by atoms with Gasteiger partial charge in [0, 0.05) is 11.3 Å². The molecule has 2 rings (SSSR count). The van der Waals surface area contributed by atoms with E-state index in [9.17, 15) is 13.6 Å². The van der Waals surface area contributed by atoms with Crippen molar-refractivity contribution in [3.05, 3.63) is 64.7 Å². The largest absolute Gasteiger partial charge is 0.333 e. The van der Waals surface area contributed by atoms with Gasteiger partial charge in [-0.3, -0.25) is 4.79 Å². The molecule has 0 saturated carbocycles. The van der Waals surface area contributed by atoms with E-state index >= 15 is 0 Å². The Bertz CT molecular complexity index is 724. The van der Waals surface area contributed by atoms with Crippen LogP contribution in [0.2, 0.25) is 0 Å². The average molecular weight is 347 g/mol. The minimum Gasteiger partial charge on any atom is -0.333 e. The van der Waals surface area contributed by atoms with Crippen LogP contribution in [0, 0.1) is 11.6 Å². The van der Waals surface area contributed by atoms with Crippen LogP contribution in [0.4, 0.5) is 14.5 Å². The van der Waals surface area contributed by atoms with E-state index in [4.69, 9.17) is 0 Å². The molecule has 5 heteroatoms. The first-order chi connectivity index (χ1) is 12.0. The first-order valence-corrected chi connectivity index (χ1v) is 8.65. The lowest BCUT2D eigenvalue weighted by Gasteiger charge is -2.15. The lowest BCUT2D eigenvalue weighted by molar-refractivity contribution is -0.682. The monoisotopic (exact) mass is 347 g/mol. The second-order valence-corrected chi connectivity index (χ2v) is 6.11. The van der Waals surface area contributed by atoms with Crippen LogP contribution >= 0.6 is 0 Å². The van der Waals surface area contributed by atoms with Gasteiger partial charge in [0.2, 0.25) is 0 Å². The summed E-state index contributed by atoms with van der Waals surface area (Å²) in [4.78, 5) is 12.3. The molecule has 0 fully saturated rings. The smallest absolute Gasteiger partial charge is 0.279 e. The van der Waals surface area contributed by atoms with Crippen molar-refractivity contribution in [1.29, 1.82) is 0 Å². The fraction of sp³-hybridized carbons (Fsp3) is 0.350. The molecule has 1 amide bonds. The summed E-state index contributed by atoms with van der Waals surface area (Å²) >= 11 is 0. The number of hydrogen-bond donors (Lipinski definition) is 2. The van der Waals surface area contributed by atoms with E-state index in [0.29, 0.717) is 5.56 Å². The molecule has 0 aliphatic rings. The summed E-state index contributed by atoms with van der Waals surface area (Å²) in [7, 11) is 0. The molecular formula is C20H25F2N2O+. The molecule has 0 aliphatic carbocycles. The van der Waals surface area contributed by atoms with Gasteiger partial charge in [0.05, 0.1) is 0 Å². The number of quaternary nitrogens is 1. The number of nitrogens with one attached hydrogen (secondary N) is 1. The van der Waals surface area contributed by atoms with Gasteiger partial charge in [-0.05, 0) is 49.1 Å². The lowest BCUT2D eigenvalue weighted by atomic mass is 10.0. The zero-order chi connectivity index (χ0) is 18.4. The van der Waals surface area contributed by atoms with Crippen molar-refractivity contribution in [3.63, 3.8) is 0 Å². The SMILES string of the molecule is CCc1cccc(CC)c1NC(=O)C[NH2+][C@H](C)c1ccc(F)c(F)c1. The molecule has 0 bridgehead atoms. The van der Waals surface area contributed by atoms with E-state index in [1.165, 1.54) is 6.07 Å². The third-order valence-electron chi connectivity index (χ3n) is 4.39. The van der Waals surface area contributed by atoms with Crippen LogP contribution in [0.1, 0.15) is 43.5 Å². The number of halogens is 2. The normalized spacial score (nSPS) is 12.0. The average Bonchev–Trinajstić information content (AvgIpc) is 2.62. The number of nitrogens with two attached hydrogens (primary N) is 1. The molecule has 3 nitrogen and oxygen atoms in total. The zero-order valence-corrected chi connectivity index (χ0v) is 14.9. The summed E-state index contributed by atoms with van der Waals surface area (Å²) in [5.74, 6) is -1.84. The number of carbonyl (C=O) groups is 1. The van der Waals surface area contributed by atoms with Crippen LogP contribution in [0.25, 0.3) is 0 Å². The molecule has 0 spiro atoms. The Balaban J connectivity index is 2.00. The molecule has 0 unspecified atom stereocenters. The number of amides is 1. The van der Waals surface area contributed by atoms with Crippen LogP contribution in [-0.2, 0) is 17.6 Å². The number of benzene rings is 2. The van der Waals surface area contributed by atoms with Gasteiger partial charge in [-0.25, -0.2) is 8.78 Å². The molecule has 2 aromatic carbocycles. The lowest BCUT2D eigenvalue weighted by Crippen LogP contribution is -2.86. The maximum Gasteiger partial charge on any atom is 0.279 e. The highest BCUT2D eigenvalue weighted by atomic mass is 19.2. The Labute approximate surface area is 147 Å². The maximum atomic E-state index is 13.3. The Hall–Kier alpha value is -2.27. The van der Waals surface area contributed by atoms with Crippen molar-refractivity contribution in [1.82, 2.24) is 0 Å². The van der Waals surface area contributed by atoms with Crippen molar-refractivity contribution < 1.29 is 18.9 Å². The molecule has 2 aromatic rings. The van der Waals surface area contributed by atoms with Crippen molar-refractivity contribution in [2.75, 3.05) is 11.9 Å². The van der Waals surface area contributed by atoms with E-state index in [-0.39, 0.29) is 18.5 Å². The van der Waals surface area contributed by atoms with Gasteiger partial charge in [0.25, 0.3) is 5.91 Å². The maximum absolute atomic E-state index is 13.3. The highest BCUT2D eigenvalue weighted by Gasteiger charge is 2.15. The van der Waals surface area contributed by atoms with Gasteiger partial charge in [-0.1, -0.05) is 32.0 Å². The Morgan fingerprint density at radius 1 is 1.08 bits per heavy atom. The van der Waals surface area contributed by atoms with Crippen molar-refractivity contribution in [3.8, 4) is 0 Å². The topological polar surface area (TPSA) is 45.7 Å². The molecule has 0 aliphatic heterocycles. The summed E-state index contributed by atoms with van der Waals surface area (Å²) < 4.78 is 26.3. The summed E-state index contributed by atoms with van der Waals surface area (Å²) in [6.45, 7) is 6.18. The number of rotatable bonds is 7. The van der Waals surface area contributed by atoms with Gasteiger partial charge in [0.15, 0.2) is 18.2 Å². The number of hydrogen-bond acceptors (Lipinski definition) is 1. The van der Waals surface area contributed by atoms with Gasteiger partial charge in [0.1, 0.15) is 6.04 Å². The molecule has 1 atom stereocenters. The fourth-order valence-corrected chi connectivity index (χ4v) is 2.81. The molecule has 134 valence electrons. The summed E-state index contributed by atoms with van der Waals surface area (Å²) in [5, 5.41) is 4.81. The third-order valence-corrected chi connectivity index (χ3v) is 4.39. The van der Waals surface area contributed by atoms with E-state index < -0.39 is 11.6 Å². The molecule has 0 aromatic heterocycles. The Morgan fingerprint density at radius 3 is 2.28 bits per heavy atom. The van der Waals surface area contributed by atoms with Gasteiger partial charge in [-0.2, -0.15) is 0 Å². The molecule has 0 radical (unpaired) electrons. The van der Waals surface area contributed by atoms with E-state index in [1.807, 2.05) is 30.4 Å². The van der Waals surface area contributed by atoms with Gasteiger partial charge < -0.3 is 10.6 Å². The van der Waals surface area contributed by atoms with E-state index in [2.05, 4.69) is 19.2 Å². The predicted molar refractivity (Wildman–Crippen MR) is 95.4 cm³/mol. The molecule has 25 heavy (non-hydrogen) atoms. The number of aryl methyl sites for hydroxylation is 2. The summed E-state index contributed by atoms with van der Waals surface area (Å²) in [5.41, 5.74) is 3.77. The van der Waals surface area contributed by atoms with Crippen LogP contribution < -0.4 is 10.6 Å². The van der Waals surface area contributed by atoms with Crippen molar-refractivity contribution >= 4 is 11.6 Å². The highest BCUT2D eigenvalue weighted by Crippen LogP contribution is 2.22. The minimum atomic E-state index is -0.869. The number of anilines is 1. The van der Waals surface area contributed by atoms with Crippen molar-refractivity contribution in [2.24, 2.45) is 0 Å². The second-order valence-electron chi connectivity index (χ2n) is 6.11. The zero-order valence-electron chi connectivity index (χ0n) is 14.9. The Kier molecular flexibility index (Phi) is 6.65. The molecule has 0 heterocycles.